The highest BCUT2D eigenvalue weighted by Crippen LogP contribution is 2.19. The van der Waals surface area contributed by atoms with Gasteiger partial charge in [-0.1, -0.05) is 30.3 Å². The number of hydrogen-bond acceptors (Lipinski definition) is 4. The number of rotatable bonds is 7. The van der Waals surface area contributed by atoms with Crippen molar-refractivity contribution in [2.24, 2.45) is 0 Å². The van der Waals surface area contributed by atoms with Crippen molar-refractivity contribution >= 4 is 5.91 Å². The maximum absolute atomic E-state index is 12.7. The summed E-state index contributed by atoms with van der Waals surface area (Å²) in [5, 5.41) is 0. The van der Waals surface area contributed by atoms with Gasteiger partial charge in [0.1, 0.15) is 18.1 Å². The molecular weight excluding hydrogens is 330 g/mol. The molecule has 0 saturated carbocycles. The molecular formula is C21H21NO4. The van der Waals surface area contributed by atoms with Crippen molar-refractivity contribution in [3.05, 3.63) is 83.8 Å². The Bertz CT molecular complexity index is 857. The molecule has 5 heteroatoms. The van der Waals surface area contributed by atoms with E-state index >= 15 is 0 Å². The molecule has 5 nitrogen and oxygen atoms in total. The van der Waals surface area contributed by atoms with Gasteiger partial charge >= 0.3 is 0 Å². The van der Waals surface area contributed by atoms with E-state index < -0.39 is 0 Å². The second-order valence-electron chi connectivity index (χ2n) is 5.89. The summed E-state index contributed by atoms with van der Waals surface area (Å²) >= 11 is 0. The third kappa shape index (κ3) is 4.25. The van der Waals surface area contributed by atoms with Gasteiger partial charge in [-0.2, -0.15) is 0 Å². The smallest absolute Gasteiger partial charge is 0.290 e. The number of amides is 1. The van der Waals surface area contributed by atoms with E-state index in [1.54, 1.807) is 25.1 Å². The van der Waals surface area contributed by atoms with Crippen molar-refractivity contribution in [1.82, 2.24) is 4.90 Å². The summed E-state index contributed by atoms with van der Waals surface area (Å²) < 4.78 is 16.4. The van der Waals surface area contributed by atoms with E-state index in [0.717, 1.165) is 22.6 Å². The first-order valence-electron chi connectivity index (χ1n) is 8.30. The summed E-state index contributed by atoms with van der Waals surface area (Å²) in [6.07, 6.45) is 1.51. The number of methoxy groups -OCH3 is 1. The van der Waals surface area contributed by atoms with Crippen LogP contribution < -0.4 is 9.47 Å². The number of carbonyl (C=O) groups excluding carboxylic acids is 1. The average molecular weight is 351 g/mol. The molecule has 0 fully saturated rings. The predicted molar refractivity (Wildman–Crippen MR) is 98.3 cm³/mol. The fraction of sp³-hybridized carbons (Fsp3) is 0.190. The van der Waals surface area contributed by atoms with E-state index in [2.05, 4.69) is 0 Å². The first-order valence-corrected chi connectivity index (χ1v) is 8.30. The van der Waals surface area contributed by atoms with Crippen molar-refractivity contribution in [2.45, 2.75) is 13.2 Å². The van der Waals surface area contributed by atoms with Gasteiger partial charge in [-0.25, -0.2) is 0 Å². The standard InChI is InChI=1S/C21H21NO4/c1-22(14-16-7-6-10-19(13-16)24-2)21(23)20-17(11-12-25-20)15-26-18-8-4-3-5-9-18/h3-13H,14-15H2,1-2H3. The molecule has 0 aliphatic carbocycles. The normalized spacial score (nSPS) is 10.4. The average Bonchev–Trinajstić information content (AvgIpc) is 3.15. The van der Waals surface area contributed by atoms with Crippen LogP contribution in [0, 0.1) is 0 Å². The summed E-state index contributed by atoms with van der Waals surface area (Å²) in [6, 6.07) is 18.9. The Morgan fingerprint density at radius 2 is 1.81 bits per heavy atom. The summed E-state index contributed by atoms with van der Waals surface area (Å²) in [5.41, 5.74) is 1.70. The van der Waals surface area contributed by atoms with Crippen LogP contribution in [0.5, 0.6) is 11.5 Å². The minimum absolute atomic E-state index is 0.190. The third-order valence-electron chi connectivity index (χ3n) is 3.98. The number of furan rings is 1. The zero-order valence-electron chi connectivity index (χ0n) is 14.8. The highest BCUT2D eigenvalue weighted by atomic mass is 16.5. The zero-order valence-corrected chi connectivity index (χ0v) is 14.8. The van der Waals surface area contributed by atoms with Crippen LogP contribution >= 0.6 is 0 Å². The molecule has 1 aromatic heterocycles. The van der Waals surface area contributed by atoms with E-state index in [9.17, 15) is 4.79 Å². The van der Waals surface area contributed by atoms with Gasteiger partial charge in [-0.3, -0.25) is 4.79 Å². The van der Waals surface area contributed by atoms with Crippen LogP contribution in [0.3, 0.4) is 0 Å². The maximum Gasteiger partial charge on any atom is 0.290 e. The summed E-state index contributed by atoms with van der Waals surface area (Å²) in [5.74, 6) is 1.62. The molecule has 26 heavy (non-hydrogen) atoms. The van der Waals surface area contributed by atoms with E-state index in [0.29, 0.717) is 12.3 Å². The van der Waals surface area contributed by atoms with Crippen LogP contribution in [0.25, 0.3) is 0 Å². The molecule has 0 N–H and O–H groups in total. The van der Waals surface area contributed by atoms with Crippen molar-refractivity contribution in [3.8, 4) is 11.5 Å². The number of nitrogens with zero attached hydrogens (tertiary/aromatic N) is 1. The fourth-order valence-electron chi connectivity index (χ4n) is 2.60. The number of carbonyl (C=O) groups is 1. The topological polar surface area (TPSA) is 51.9 Å². The van der Waals surface area contributed by atoms with Crippen LogP contribution in [-0.4, -0.2) is 25.0 Å². The third-order valence-corrected chi connectivity index (χ3v) is 3.98. The molecule has 0 atom stereocenters. The van der Waals surface area contributed by atoms with Crippen molar-refractivity contribution < 1.29 is 18.7 Å². The summed E-state index contributed by atoms with van der Waals surface area (Å²) in [6.45, 7) is 0.726. The lowest BCUT2D eigenvalue weighted by Crippen LogP contribution is -2.26. The molecule has 0 saturated heterocycles. The quantitative estimate of drug-likeness (QED) is 0.642. The molecule has 0 aliphatic heterocycles. The Hall–Kier alpha value is -3.21. The van der Waals surface area contributed by atoms with Crippen molar-refractivity contribution in [1.29, 1.82) is 0 Å². The van der Waals surface area contributed by atoms with Gasteiger partial charge in [0.2, 0.25) is 0 Å². The lowest BCUT2D eigenvalue weighted by atomic mass is 10.2. The van der Waals surface area contributed by atoms with E-state index in [4.69, 9.17) is 13.9 Å². The molecule has 2 aromatic carbocycles. The molecule has 1 heterocycles. The van der Waals surface area contributed by atoms with Gasteiger partial charge in [0.25, 0.3) is 5.91 Å². The van der Waals surface area contributed by atoms with Gasteiger partial charge in [0.05, 0.1) is 13.4 Å². The first-order chi connectivity index (χ1) is 12.7. The SMILES string of the molecule is COc1cccc(CN(C)C(=O)c2occc2COc2ccccc2)c1. The monoisotopic (exact) mass is 351 g/mol. The van der Waals surface area contributed by atoms with E-state index in [1.165, 1.54) is 6.26 Å². The molecule has 134 valence electrons. The second-order valence-corrected chi connectivity index (χ2v) is 5.89. The largest absolute Gasteiger partial charge is 0.497 e. The molecule has 3 rings (SSSR count). The minimum Gasteiger partial charge on any atom is -0.497 e. The minimum atomic E-state index is -0.190. The number of hydrogen-bond donors (Lipinski definition) is 0. The van der Waals surface area contributed by atoms with Gasteiger partial charge in [0.15, 0.2) is 5.76 Å². The first kappa shape index (κ1) is 17.6. The molecule has 1 amide bonds. The predicted octanol–water partition coefficient (Wildman–Crippen LogP) is 4.14. The highest BCUT2D eigenvalue weighted by Gasteiger charge is 2.20. The Morgan fingerprint density at radius 1 is 1.04 bits per heavy atom. The van der Waals surface area contributed by atoms with Crippen LogP contribution in [-0.2, 0) is 13.2 Å². The van der Waals surface area contributed by atoms with Gasteiger partial charge in [0, 0.05) is 19.2 Å². The van der Waals surface area contributed by atoms with Crippen LogP contribution in [0.2, 0.25) is 0 Å². The van der Waals surface area contributed by atoms with Gasteiger partial charge < -0.3 is 18.8 Å². The number of para-hydroxylation sites is 1. The Morgan fingerprint density at radius 3 is 2.58 bits per heavy atom. The summed E-state index contributed by atoms with van der Waals surface area (Å²) in [4.78, 5) is 14.4. The molecule has 0 spiro atoms. The Kier molecular flexibility index (Phi) is 5.59. The molecule has 0 unspecified atom stereocenters. The van der Waals surface area contributed by atoms with Gasteiger partial charge in [-0.15, -0.1) is 0 Å². The maximum atomic E-state index is 12.7. The van der Waals surface area contributed by atoms with Crippen LogP contribution in [0.4, 0.5) is 0 Å². The Balaban J connectivity index is 1.66. The number of benzene rings is 2. The molecule has 0 bridgehead atoms. The lowest BCUT2D eigenvalue weighted by molar-refractivity contribution is 0.0749. The van der Waals surface area contributed by atoms with Crippen LogP contribution in [0.1, 0.15) is 21.7 Å². The van der Waals surface area contributed by atoms with E-state index in [1.807, 2.05) is 54.6 Å². The molecule has 3 aromatic rings. The van der Waals surface area contributed by atoms with Crippen molar-refractivity contribution in [3.63, 3.8) is 0 Å². The lowest BCUT2D eigenvalue weighted by Gasteiger charge is -2.17. The fourth-order valence-corrected chi connectivity index (χ4v) is 2.60. The van der Waals surface area contributed by atoms with Gasteiger partial charge in [-0.05, 0) is 35.9 Å². The Labute approximate surface area is 152 Å². The summed E-state index contributed by atoms with van der Waals surface area (Å²) in [7, 11) is 3.36. The zero-order chi connectivity index (χ0) is 18.4. The van der Waals surface area contributed by atoms with E-state index in [-0.39, 0.29) is 12.5 Å². The van der Waals surface area contributed by atoms with Crippen molar-refractivity contribution in [2.75, 3.05) is 14.2 Å². The second kappa shape index (κ2) is 8.25. The number of ether oxygens (including phenoxy) is 2. The van der Waals surface area contributed by atoms with Crippen LogP contribution in [0.15, 0.2) is 71.3 Å². The molecule has 0 radical (unpaired) electrons. The highest BCUT2D eigenvalue weighted by molar-refractivity contribution is 5.92. The molecule has 0 aliphatic rings.